The van der Waals surface area contributed by atoms with E-state index in [9.17, 15) is 12.8 Å². The van der Waals surface area contributed by atoms with E-state index in [1.54, 1.807) is 13.8 Å². The lowest BCUT2D eigenvalue weighted by molar-refractivity contribution is 0.445. The van der Waals surface area contributed by atoms with Crippen LogP contribution in [-0.2, 0) is 16.6 Å². The summed E-state index contributed by atoms with van der Waals surface area (Å²) in [5, 5.41) is 3.09. The summed E-state index contributed by atoms with van der Waals surface area (Å²) in [5.41, 5.74) is 0.368. The van der Waals surface area contributed by atoms with Crippen LogP contribution in [-0.4, -0.2) is 31.9 Å². The van der Waals surface area contributed by atoms with Gasteiger partial charge in [0.2, 0.25) is 10.0 Å². The van der Waals surface area contributed by atoms with Gasteiger partial charge in [0.15, 0.2) is 0 Å². The van der Waals surface area contributed by atoms with Gasteiger partial charge in [0, 0.05) is 31.2 Å². The highest BCUT2D eigenvalue weighted by molar-refractivity contribution is 7.89. The fourth-order valence-corrected chi connectivity index (χ4v) is 3.38. The molecule has 0 saturated carbocycles. The van der Waals surface area contributed by atoms with E-state index < -0.39 is 15.8 Å². The van der Waals surface area contributed by atoms with E-state index in [1.807, 2.05) is 13.8 Å². The lowest BCUT2D eigenvalue weighted by Crippen LogP contribution is -2.31. The minimum Gasteiger partial charge on any atom is -0.310 e. The van der Waals surface area contributed by atoms with E-state index >= 15 is 0 Å². The predicted molar refractivity (Wildman–Crippen MR) is 78.5 cm³/mol. The molecule has 0 saturated heterocycles. The van der Waals surface area contributed by atoms with E-state index in [0.29, 0.717) is 25.2 Å². The van der Waals surface area contributed by atoms with Crippen molar-refractivity contribution in [2.75, 3.05) is 13.1 Å². The Hall–Kier alpha value is -0.980. The Morgan fingerprint density at radius 3 is 2.35 bits per heavy atom. The Morgan fingerprint density at radius 2 is 1.85 bits per heavy atom. The molecule has 0 aliphatic heterocycles. The second-order valence-corrected chi connectivity index (χ2v) is 6.82. The molecule has 0 atom stereocenters. The van der Waals surface area contributed by atoms with Gasteiger partial charge in [-0.15, -0.1) is 0 Å². The second-order valence-electron chi connectivity index (χ2n) is 4.88. The van der Waals surface area contributed by atoms with Crippen molar-refractivity contribution in [2.45, 2.75) is 45.2 Å². The van der Waals surface area contributed by atoms with Crippen molar-refractivity contribution in [1.29, 1.82) is 0 Å². The first-order valence-corrected chi connectivity index (χ1v) is 8.28. The smallest absolute Gasteiger partial charge is 0.243 e. The van der Waals surface area contributed by atoms with Crippen molar-refractivity contribution in [3.8, 4) is 0 Å². The third kappa shape index (κ3) is 4.01. The summed E-state index contributed by atoms with van der Waals surface area (Å²) in [6.45, 7) is 8.58. The van der Waals surface area contributed by atoms with Gasteiger partial charge in [-0.3, -0.25) is 0 Å². The first-order valence-electron chi connectivity index (χ1n) is 6.84. The van der Waals surface area contributed by atoms with E-state index in [4.69, 9.17) is 0 Å². The largest absolute Gasteiger partial charge is 0.310 e. The molecule has 0 aliphatic rings. The number of nitrogens with one attached hydrogen (secondary N) is 1. The zero-order valence-electron chi connectivity index (χ0n) is 12.5. The molecule has 0 fully saturated rings. The van der Waals surface area contributed by atoms with Crippen molar-refractivity contribution in [1.82, 2.24) is 9.62 Å². The van der Waals surface area contributed by atoms with Crippen LogP contribution in [0.15, 0.2) is 23.1 Å². The number of benzene rings is 1. The maximum atomic E-state index is 13.7. The molecule has 0 unspecified atom stereocenters. The molecule has 4 nitrogen and oxygen atoms in total. The molecule has 1 rings (SSSR count). The topological polar surface area (TPSA) is 49.4 Å². The van der Waals surface area contributed by atoms with Gasteiger partial charge in [0.05, 0.1) is 4.90 Å². The molecule has 6 heteroatoms. The molecule has 1 aromatic carbocycles. The quantitative estimate of drug-likeness (QED) is 0.841. The highest BCUT2D eigenvalue weighted by Crippen LogP contribution is 2.19. The molecule has 114 valence electrons. The summed E-state index contributed by atoms with van der Waals surface area (Å²) in [6, 6.07) is 4.16. The van der Waals surface area contributed by atoms with Crippen LogP contribution in [0, 0.1) is 5.82 Å². The van der Waals surface area contributed by atoms with Crippen LogP contribution >= 0.6 is 0 Å². The lowest BCUT2D eigenvalue weighted by atomic mass is 10.2. The van der Waals surface area contributed by atoms with Crippen LogP contribution in [0.2, 0.25) is 0 Å². The van der Waals surface area contributed by atoms with Crippen LogP contribution in [0.1, 0.15) is 33.3 Å². The first kappa shape index (κ1) is 17.1. The third-order valence-electron chi connectivity index (χ3n) is 3.06. The minimum absolute atomic E-state index is 0.142. The molecule has 1 N–H and O–H groups in total. The molecule has 0 spiro atoms. The van der Waals surface area contributed by atoms with Crippen LogP contribution in [0.4, 0.5) is 4.39 Å². The van der Waals surface area contributed by atoms with Gasteiger partial charge in [0.25, 0.3) is 0 Å². The van der Waals surface area contributed by atoms with Crippen LogP contribution < -0.4 is 5.32 Å². The van der Waals surface area contributed by atoms with E-state index in [-0.39, 0.29) is 10.9 Å². The van der Waals surface area contributed by atoms with E-state index in [2.05, 4.69) is 5.32 Å². The van der Waals surface area contributed by atoms with Gasteiger partial charge >= 0.3 is 0 Å². The number of sulfonamides is 1. The first-order chi connectivity index (χ1) is 9.32. The maximum absolute atomic E-state index is 13.7. The van der Waals surface area contributed by atoms with Gasteiger partial charge in [-0.05, 0) is 18.2 Å². The maximum Gasteiger partial charge on any atom is 0.243 e. The second kappa shape index (κ2) is 7.15. The van der Waals surface area contributed by atoms with Crippen LogP contribution in [0.25, 0.3) is 0 Å². The fraction of sp³-hybridized carbons (Fsp3) is 0.571. The third-order valence-corrected chi connectivity index (χ3v) is 5.11. The van der Waals surface area contributed by atoms with Crippen molar-refractivity contribution >= 4 is 10.0 Å². The molecule has 0 heterocycles. The Kier molecular flexibility index (Phi) is 6.10. The summed E-state index contributed by atoms with van der Waals surface area (Å²) in [7, 11) is -3.54. The molecule has 0 bridgehead atoms. The van der Waals surface area contributed by atoms with Gasteiger partial charge in [-0.2, -0.15) is 4.31 Å². The molecule has 0 aliphatic carbocycles. The van der Waals surface area contributed by atoms with Gasteiger partial charge < -0.3 is 5.32 Å². The number of halogens is 1. The van der Waals surface area contributed by atoms with Gasteiger partial charge in [-0.25, -0.2) is 12.8 Å². The number of rotatable bonds is 7. The zero-order valence-corrected chi connectivity index (χ0v) is 13.3. The average molecular weight is 302 g/mol. The van der Waals surface area contributed by atoms with Crippen molar-refractivity contribution < 1.29 is 12.8 Å². The average Bonchev–Trinajstić information content (AvgIpc) is 2.38. The van der Waals surface area contributed by atoms with Crippen LogP contribution in [0.5, 0.6) is 0 Å². The molecule has 0 aromatic heterocycles. The monoisotopic (exact) mass is 302 g/mol. The highest BCUT2D eigenvalue weighted by Gasteiger charge is 2.22. The number of hydrogen-bond donors (Lipinski definition) is 1. The Labute approximate surface area is 121 Å². The Bertz CT molecular complexity index is 540. The molecule has 20 heavy (non-hydrogen) atoms. The fourth-order valence-electron chi connectivity index (χ4n) is 1.87. The highest BCUT2D eigenvalue weighted by atomic mass is 32.2. The normalized spacial score (nSPS) is 12.3. The molecular weight excluding hydrogens is 279 g/mol. The summed E-state index contributed by atoms with van der Waals surface area (Å²) in [4.78, 5) is 0.142. The summed E-state index contributed by atoms with van der Waals surface area (Å²) in [5.74, 6) is -0.392. The van der Waals surface area contributed by atoms with Crippen molar-refractivity contribution in [3.63, 3.8) is 0 Å². The van der Waals surface area contributed by atoms with E-state index in [0.717, 1.165) is 0 Å². The van der Waals surface area contributed by atoms with E-state index in [1.165, 1.54) is 22.5 Å². The van der Waals surface area contributed by atoms with Crippen molar-refractivity contribution in [2.24, 2.45) is 0 Å². The van der Waals surface area contributed by atoms with Gasteiger partial charge in [0.1, 0.15) is 5.82 Å². The number of nitrogens with zero attached hydrogens (tertiary/aromatic N) is 1. The molecule has 1 aromatic rings. The molecular formula is C14H23FN2O2S. The minimum atomic E-state index is -3.54. The Balaban J connectivity index is 3.11. The SMILES string of the molecule is CCN(CC)S(=O)(=O)c1ccc(F)c(CNC(C)C)c1. The zero-order chi connectivity index (χ0) is 15.3. The molecule has 0 amide bonds. The van der Waals surface area contributed by atoms with Crippen molar-refractivity contribution in [3.05, 3.63) is 29.6 Å². The predicted octanol–water partition coefficient (Wildman–Crippen LogP) is 2.35. The van der Waals surface area contributed by atoms with Crippen LogP contribution in [0.3, 0.4) is 0 Å². The summed E-state index contributed by atoms with van der Waals surface area (Å²) >= 11 is 0. The molecule has 0 radical (unpaired) electrons. The standard InChI is InChI=1S/C14H23FN2O2S/c1-5-17(6-2)20(18,19)13-7-8-14(15)12(9-13)10-16-11(3)4/h7-9,11,16H,5-6,10H2,1-4H3. The van der Waals surface area contributed by atoms with Gasteiger partial charge in [-0.1, -0.05) is 27.7 Å². The Morgan fingerprint density at radius 1 is 1.25 bits per heavy atom. The number of hydrogen-bond acceptors (Lipinski definition) is 3. The summed E-state index contributed by atoms with van der Waals surface area (Å²) < 4.78 is 39.8. The lowest BCUT2D eigenvalue weighted by Gasteiger charge is -2.19. The summed E-state index contributed by atoms with van der Waals surface area (Å²) in [6.07, 6.45) is 0.